The van der Waals surface area contributed by atoms with Crippen LogP contribution >= 0.6 is 0 Å². The minimum absolute atomic E-state index is 0.696. The second-order valence-corrected chi connectivity index (χ2v) is 3.20. The van der Waals surface area contributed by atoms with Crippen molar-refractivity contribution in [2.24, 2.45) is 0 Å². The van der Waals surface area contributed by atoms with E-state index in [1.807, 2.05) is 0 Å². The van der Waals surface area contributed by atoms with E-state index in [2.05, 4.69) is 23.7 Å². The van der Waals surface area contributed by atoms with Crippen LogP contribution in [0.15, 0.2) is 0 Å². The maximum Gasteiger partial charge on any atom is 0.416 e. The Morgan fingerprint density at radius 2 is 1.86 bits per heavy atom. The lowest BCUT2D eigenvalue weighted by molar-refractivity contribution is -0.226. The van der Waals surface area contributed by atoms with Gasteiger partial charge >= 0.3 is 5.97 Å². The van der Waals surface area contributed by atoms with Crippen molar-refractivity contribution in [2.75, 3.05) is 0 Å². The third kappa shape index (κ3) is 9.08. The minimum Gasteiger partial charge on any atom is -0.286 e. The molecule has 0 unspecified atom stereocenters. The molecule has 0 spiro atoms. The van der Waals surface area contributed by atoms with Crippen LogP contribution in [0.3, 0.4) is 0 Å². The van der Waals surface area contributed by atoms with Gasteiger partial charge in [0.25, 0.3) is 0 Å². The lowest BCUT2D eigenvalue weighted by atomic mass is 10.1. The summed E-state index contributed by atoms with van der Waals surface area (Å²) in [7, 11) is 0. The minimum atomic E-state index is -0.879. The summed E-state index contributed by atoms with van der Waals surface area (Å²) in [4.78, 5) is 13.7. The number of rotatable bonds is 6. The van der Waals surface area contributed by atoms with E-state index in [0.717, 1.165) is 12.8 Å². The SMILES string of the molecule is CCCCCCCCC#CC(=O)OO. The zero-order valence-electron chi connectivity index (χ0n) is 8.71. The predicted molar refractivity (Wildman–Crippen MR) is 54.5 cm³/mol. The van der Waals surface area contributed by atoms with Crippen molar-refractivity contribution in [1.29, 1.82) is 0 Å². The van der Waals surface area contributed by atoms with Crippen LogP contribution in [-0.2, 0) is 9.68 Å². The second kappa shape index (κ2) is 10.1. The van der Waals surface area contributed by atoms with Crippen molar-refractivity contribution in [3.8, 4) is 11.8 Å². The number of carbonyl (C=O) groups excluding carboxylic acids is 1. The van der Waals surface area contributed by atoms with Gasteiger partial charge in [0.2, 0.25) is 0 Å². The average Bonchev–Trinajstić information content (AvgIpc) is 2.21. The molecule has 0 aromatic carbocycles. The fourth-order valence-corrected chi connectivity index (χ4v) is 1.15. The van der Waals surface area contributed by atoms with Crippen molar-refractivity contribution in [3.05, 3.63) is 0 Å². The van der Waals surface area contributed by atoms with Gasteiger partial charge in [-0.3, -0.25) is 4.89 Å². The molecule has 0 fully saturated rings. The molecule has 0 bridgehead atoms. The summed E-state index contributed by atoms with van der Waals surface area (Å²) in [6.45, 7) is 2.19. The van der Waals surface area contributed by atoms with E-state index in [4.69, 9.17) is 5.26 Å². The lowest BCUT2D eigenvalue weighted by Gasteiger charge is -1.96. The number of carbonyl (C=O) groups is 1. The van der Waals surface area contributed by atoms with Crippen LogP contribution in [0.5, 0.6) is 0 Å². The molecule has 0 aromatic rings. The molecule has 0 rings (SSSR count). The molecular weight excluding hydrogens is 180 g/mol. The van der Waals surface area contributed by atoms with Crippen LogP contribution in [0.4, 0.5) is 0 Å². The van der Waals surface area contributed by atoms with E-state index < -0.39 is 5.97 Å². The maximum atomic E-state index is 10.3. The third-order valence-electron chi connectivity index (χ3n) is 1.93. The van der Waals surface area contributed by atoms with Gasteiger partial charge in [-0.25, -0.2) is 4.79 Å². The molecule has 3 heteroatoms. The summed E-state index contributed by atoms with van der Waals surface area (Å²) < 4.78 is 0. The van der Waals surface area contributed by atoms with Gasteiger partial charge in [-0.1, -0.05) is 44.9 Å². The molecule has 0 aliphatic rings. The summed E-state index contributed by atoms with van der Waals surface area (Å²) in [6.07, 6.45) is 7.92. The van der Waals surface area contributed by atoms with Crippen LogP contribution in [0.2, 0.25) is 0 Å². The maximum absolute atomic E-state index is 10.3. The van der Waals surface area contributed by atoms with Crippen LogP contribution in [0, 0.1) is 11.8 Å². The molecule has 3 nitrogen and oxygen atoms in total. The molecule has 0 aliphatic heterocycles. The van der Waals surface area contributed by atoms with Crippen LogP contribution in [0.1, 0.15) is 51.9 Å². The van der Waals surface area contributed by atoms with Gasteiger partial charge in [0.05, 0.1) is 0 Å². The van der Waals surface area contributed by atoms with Gasteiger partial charge in [0.1, 0.15) is 0 Å². The van der Waals surface area contributed by atoms with Gasteiger partial charge in [0, 0.05) is 12.3 Å². The molecule has 0 saturated carbocycles. The lowest BCUT2D eigenvalue weighted by Crippen LogP contribution is -1.94. The quantitative estimate of drug-likeness (QED) is 0.309. The first-order valence-corrected chi connectivity index (χ1v) is 5.15. The Hall–Kier alpha value is -1.01. The Morgan fingerprint density at radius 3 is 2.50 bits per heavy atom. The number of hydrogen-bond donors (Lipinski definition) is 1. The van der Waals surface area contributed by atoms with E-state index in [1.54, 1.807) is 0 Å². The molecule has 1 N–H and O–H groups in total. The highest BCUT2D eigenvalue weighted by Crippen LogP contribution is 2.05. The molecule has 0 aliphatic carbocycles. The molecule has 0 aromatic heterocycles. The van der Waals surface area contributed by atoms with Gasteiger partial charge in [-0.05, 0) is 6.42 Å². The standard InChI is InChI=1S/C11H18O3/c1-2-3-4-5-6-7-8-9-10-11(12)14-13/h13H,2-8H2,1H3. The summed E-state index contributed by atoms with van der Waals surface area (Å²) in [5, 5.41) is 7.88. The van der Waals surface area contributed by atoms with Crippen LogP contribution in [-0.4, -0.2) is 11.2 Å². The molecule has 0 saturated heterocycles. The van der Waals surface area contributed by atoms with Crippen LogP contribution in [0.25, 0.3) is 0 Å². The summed E-state index contributed by atoms with van der Waals surface area (Å²) >= 11 is 0. The molecule has 0 amide bonds. The molecule has 0 heterocycles. The van der Waals surface area contributed by atoms with Crippen molar-refractivity contribution in [3.63, 3.8) is 0 Å². The smallest absolute Gasteiger partial charge is 0.286 e. The van der Waals surface area contributed by atoms with Crippen molar-refractivity contribution >= 4 is 5.97 Å². The van der Waals surface area contributed by atoms with Gasteiger partial charge in [0.15, 0.2) is 0 Å². The van der Waals surface area contributed by atoms with Gasteiger partial charge in [-0.15, -0.1) is 0 Å². The number of hydrogen-bond acceptors (Lipinski definition) is 3. The monoisotopic (exact) mass is 198 g/mol. The number of unbranched alkanes of at least 4 members (excludes halogenated alkanes) is 6. The molecule has 0 radical (unpaired) electrons. The molecule has 80 valence electrons. The van der Waals surface area contributed by atoms with Crippen molar-refractivity contribution < 1.29 is 14.9 Å². The van der Waals surface area contributed by atoms with Gasteiger partial charge < -0.3 is 0 Å². The van der Waals surface area contributed by atoms with Crippen LogP contribution < -0.4 is 0 Å². The Bertz CT molecular complexity index is 200. The molecule has 14 heavy (non-hydrogen) atoms. The van der Waals surface area contributed by atoms with E-state index in [9.17, 15) is 4.79 Å². The molecule has 0 atom stereocenters. The summed E-state index contributed by atoms with van der Waals surface area (Å²) in [5.41, 5.74) is 0. The zero-order valence-corrected chi connectivity index (χ0v) is 8.71. The van der Waals surface area contributed by atoms with E-state index >= 15 is 0 Å². The Kier molecular flexibility index (Phi) is 9.35. The topological polar surface area (TPSA) is 46.5 Å². The predicted octanol–water partition coefficient (Wildman–Crippen LogP) is 2.76. The normalized spacial score (nSPS) is 9.00. The third-order valence-corrected chi connectivity index (χ3v) is 1.93. The Labute approximate surface area is 85.4 Å². The first-order valence-electron chi connectivity index (χ1n) is 5.15. The first kappa shape index (κ1) is 13.0. The highest BCUT2D eigenvalue weighted by atomic mass is 17.1. The van der Waals surface area contributed by atoms with Crippen molar-refractivity contribution in [1.82, 2.24) is 0 Å². The summed E-state index contributed by atoms with van der Waals surface area (Å²) in [6, 6.07) is 0. The van der Waals surface area contributed by atoms with E-state index in [0.29, 0.717) is 6.42 Å². The second-order valence-electron chi connectivity index (χ2n) is 3.20. The zero-order chi connectivity index (χ0) is 10.6. The largest absolute Gasteiger partial charge is 0.416 e. The Balaban J connectivity index is 3.19. The highest BCUT2D eigenvalue weighted by Gasteiger charge is 1.91. The van der Waals surface area contributed by atoms with E-state index in [-0.39, 0.29) is 0 Å². The fourth-order valence-electron chi connectivity index (χ4n) is 1.15. The van der Waals surface area contributed by atoms with E-state index in [1.165, 1.54) is 25.7 Å². The van der Waals surface area contributed by atoms with Gasteiger partial charge in [-0.2, -0.15) is 5.26 Å². The highest BCUT2D eigenvalue weighted by molar-refractivity contribution is 5.87. The average molecular weight is 198 g/mol. The summed E-state index contributed by atoms with van der Waals surface area (Å²) in [5.74, 6) is 3.94. The fraction of sp³-hybridized carbons (Fsp3) is 0.727. The Morgan fingerprint density at radius 1 is 1.21 bits per heavy atom. The molecular formula is C11H18O3. The van der Waals surface area contributed by atoms with Crippen molar-refractivity contribution in [2.45, 2.75) is 51.9 Å². The first-order chi connectivity index (χ1) is 6.81.